The summed E-state index contributed by atoms with van der Waals surface area (Å²) in [5, 5.41) is 0. The molecule has 0 unspecified atom stereocenters. The lowest BCUT2D eigenvalue weighted by Gasteiger charge is -2.10. The molecule has 0 atom stereocenters. The quantitative estimate of drug-likeness (QED) is 0.504. The molecule has 0 aliphatic heterocycles. The summed E-state index contributed by atoms with van der Waals surface area (Å²) in [6.45, 7) is 5.96. The van der Waals surface area contributed by atoms with Gasteiger partial charge < -0.3 is 0 Å². The van der Waals surface area contributed by atoms with Crippen molar-refractivity contribution in [1.29, 1.82) is 0 Å². The SMILES string of the molecule is [CH2]c1c(Br)c(Br)c(C)c(Br)c1Br. The van der Waals surface area contributed by atoms with Crippen LogP contribution in [0.3, 0.4) is 0 Å². The van der Waals surface area contributed by atoms with Gasteiger partial charge in [0.2, 0.25) is 0 Å². The van der Waals surface area contributed by atoms with E-state index in [2.05, 4.69) is 70.6 Å². The van der Waals surface area contributed by atoms with E-state index < -0.39 is 0 Å². The van der Waals surface area contributed by atoms with E-state index in [0.29, 0.717) is 0 Å². The molecule has 0 bridgehead atoms. The van der Waals surface area contributed by atoms with Crippen molar-refractivity contribution in [2.45, 2.75) is 6.92 Å². The van der Waals surface area contributed by atoms with Gasteiger partial charge in [0.15, 0.2) is 0 Å². The van der Waals surface area contributed by atoms with Crippen LogP contribution in [0.1, 0.15) is 11.1 Å². The summed E-state index contributed by atoms with van der Waals surface area (Å²) in [5.41, 5.74) is 2.10. The fourth-order valence-electron chi connectivity index (χ4n) is 0.787. The molecule has 1 aromatic carbocycles. The van der Waals surface area contributed by atoms with Crippen molar-refractivity contribution in [1.82, 2.24) is 0 Å². The van der Waals surface area contributed by atoms with E-state index in [4.69, 9.17) is 0 Å². The summed E-state index contributed by atoms with van der Waals surface area (Å²) in [7, 11) is 0. The first kappa shape index (κ1) is 11.2. The molecule has 0 heterocycles. The number of hydrogen-bond donors (Lipinski definition) is 0. The molecule has 0 saturated carbocycles. The number of benzene rings is 1. The first-order valence-electron chi connectivity index (χ1n) is 3.11. The molecule has 12 heavy (non-hydrogen) atoms. The normalized spacial score (nSPS) is 10.5. The molecule has 1 aromatic rings. The van der Waals surface area contributed by atoms with E-state index in [0.717, 1.165) is 29.0 Å². The highest BCUT2D eigenvalue weighted by Crippen LogP contribution is 2.40. The molecule has 4 heteroatoms. The minimum atomic E-state index is 0.944. The van der Waals surface area contributed by atoms with Crippen LogP contribution in [0, 0.1) is 13.8 Å². The molecular formula is C8H5Br4. The third-order valence-corrected chi connectivity index (χ3v) is 6.37. The largest absolute Gasteiger partial charge is 0.0493 e. The predicted octanol–water partition coefficient (Wildman–Crippen LogP) is 5.23. The molecule has 0 fully saturated rings. The van der Waals surface area contributed by atoms with Crippen molar-refractivity contribution in [3.63, 3.8) is 0 Å². The average molecular weight is 421 g/mol. The van der Waals surface area contributed by atoms with Gasteiger partial charge in [-0.2, -0.15) is 0 Å². The van der Waals surface area contributed by atoms with Crippen molar-refractivity contribution < 1.29 is 0 Å². The van der Waals surface area contributed by atoms with Crippen LogP contribution >= 0.6 is 63.7 Å². The van der Waals surface area contributed by atoms with Crippen molar-refractivity contribution in [3.8, 4) is 0 Å². The Bertz CT molecular complexity index is 225. The zero-order valence-electron chi connectivity index (χ0n) is 6.22. The van der Waals surface area contributed by atoms with Gasteiger partial charge in [0.1, 0.15) is 0 Å². The summed E-state index contributed by atoms with van der Waals surface area (Å²) in [6, 6.07) is 0. The number of rotatable bonds is 0. The van der Waals surface area contributed by atoms with Crippen LogP contribution in [0.2, 0.25) is 0 Å². The van der Waals surface area contributed by atoms with Crippen LogP contribution in [0.4, 0.5) is 0 Å². The van der Waals surface area contributed by atoms with E-state index in [-0.39, 0.29) is 0 Å². The number of halogens is 4. The lowest BCUT2D eigenvalue weighted by Crippen LogP contribution is -1.87. The highest BCUT2D eigenvalue weighted by Gasteiger charge is 2.12. The highest BCUT2D eigenvalue weighted by atomic mass is 79.9. The fourth-order valence-corrected chi connectivity index (χ4v) is 3.19. The van der Waals surface area contributed by atoms with E-state index in [1.807, 2.05) is 6.92 Å². The van der Waals surface area contributed by atoms with Crippen molar-refractivity contribution in [2.24, 2.45) is 0 Å². The Morgan fingerprint density at radius 1 is 0.833 bits per heavy atom. The standard InChI is InChI=1S/C8H5Br4/c1-3-5(9)7(11)4(2)8(12)6(3)10/h1H2,2H3. The monoisotopic (exact) mass is 417 g/mol. The molecule has 65 valence electrons. The molecule has 0 nitrogen and oxygen atoms in total. The molecule has 0 saturated heterocycles. The van der Waals surface area contributed by atoms with Gasteiger partial charge in [0, 0.05) is 17.9 Å². The second-order valence-corrected chi connectivity index (χ2v) is 5.53. The van der Waals surface area contributed by atoms with Gasteiger partial charge in [-0.1, -0.05) is 0 Å². The van der Waals surface area contributed by atoms with E-state index in [1.54, 1.807) is 0 Å². The molecule has 0 N–H and O–H groups in total. The Morgan fingerprint density at radius 3 is 1.50 bits per heavy atom. The van der Waals surface area contributed by atoms with E-state index in [1.165, 1.54) is 0 Å². The van der Waals surface area contributed by atoms with E-state index >= 15 is 0 Å². The topological polar surface area (TPSA) is 0 Å². The minimum absolute atomic E-state index is 0.944. The smallest absolute Gasteiger partial charge is 0.0364 e. The van der Waals surface area contributed by atoms with Gasteiger partial charge in [-0.3, -0.25) is 0 Å². The molecule has 0 spiro atoms. The lowest BCUT2D eigenvalue weighted by molar-refractivity contribution is 1.32. The lowest BCUT2D eigenvalue weighted by atomic mass is 10.2. The Balaban J connectivity index is 3.60. The molecule has 0 aliphatic rings. The molecule has 0 aromatic heterocycles. The van der Waals surface area contributed by atoms with Crippen molar-refractivity contribution in [3.05, 3.63) is 35.9 Å². The molecule has 1 radical (unpaired) electrons. The Hall–Kier alpha value is 1.14. The zero-order chi connectivity index (χ0) is 9.46. The predicted molar refractivity (Wildman–Crippen MR) is 66.4 cm³/mol. The maximum Gasteiger partial charge on any atom is 0.0364 e. The minimum Gasteiger partial charge on any atom is -0.0493 e. The fraction of sp³-hybridized carbons (Fsp3) is 0.125. The Morgan fingerprint density at radius 2 is 1.17 bits per heavy atom. The van der Waals surface area contributed by atoms with Crippen LogP contribution in [-0.2, 0) is 0 Å². The van der Waals surface area contributed by atoms with Crippen LogP contribution in [0.15, 0.2) is 17.9 Å². The van der Waals surface area contributed by atoms with Crippen molar-refractivity contribution in [2.75, 3.05) is 0 Å². The van der Waals surface area contributed by atoms with Gasteiger partial charge in [0.05, 0.1) is 0 Å². The maximum absolute atomic E-state index is 3.93. The average Bonchev–Trinajstić information content (AvgIpc) is 2.08. The first-order chi connectivity index (χ1) is 5.46. The van der Waals surface area contributed by atoms with Crippen LogP contribution in [0.5, 0.6) is 0 Å². The Labute approximate surface area is 106 Å². The zero-order valence-corrected chi connectivity index (χ0v) is 12.6. The van der Waals surface area contributed by atoms with Crippen LogP contribution in [-0.4, -0.2) is 0 Å². The van der Waals surface area contributed by atoms with Gasteiger partial charge >= 0.3 is 0 Å². The highest BCUT2D eigenvalue weighted by molar-refractivity contribution is 9.14. The first-order valence-corrected chi connectivity index (χ1v) is 6.28. The summed E-state index contributed by atoms with van der Waals surface area (Å²) in [6.07, 6.45) is 0. The second-order valence-electron chi connectivity index (χ2n) is 2.36. The van der Waals surface area contributed by atoms with Gasteiger partial charge in [0.25, 0.3) is 0 Å². The molecule has 1 rings (SSSR count). The second kappa shape index (κ2) is 4.11. The Kier molecular flexibility index (Phi) is 3.84. The summed E-state index contributed by atoms with van der Waals surface area (Å²) >= 11 is 13.9. The van der Waals surface area contributed by atoms with Crippen LogP contribution in [0.25, 0.3) is 0 Å². The molecule has 0 aliphatic carbocycles. The maximum atomic E-state index is 3.93. The third-order valence-electron chi connectivity index (χ3n) is 1.57. The number of hydrogen-bond acceptors (Lipinski definition) is 0. The summed E-state index contributed by atoms with van der Waals surface area (Å²) in [4.78, 5) is 0. The molecule has 0 amide bonds. The summed E-state index contributed by atoms with van der Waals surface area (Å²) < 4.78 is 4.08. The summed E-state index contributed by atoms with van der Waals surface area (Å²) in [5.74, 6) is 0. The van der Waals surface area contributed by atoms with Crippen molar-refractivity contribution >= 4 is 63.7 Å². The van der Waals surface area contributed by atoms with Gasteiger partial charge in [-0.05, 0) is 88.7 Å². The van der Waals surface area contributed by atoms with Crippen LogP contribution < -0.4 is 0 Å². The van der Waals surface area contributed by atoms with Gasteiger partial charge in [-0.15, -0.1) is 0 Å². The van der Waals surface area contributed by atoms with Gasteiger partial charge in [-0.25, -0.2) is 0 Å². The molecular weight excluding hydrogens is 416 g/mol. The van der Waals surface area contributed by atoms with E-state index in [9.17, 15) is 0 Å². The third kappa shape index (κ3) is 1.81.